The van der Waals surface area contributed by atoms with Gasteiger partial charge < -0.3 is 9.64 Å². The van der Waals surface area contributed by atoms with Crippen LogP contribution in [0.25, 0.3) is 6.08 Å². The lowest BCUT2D eigenvalue weighted by molar-refractivity contribution is -0.137. The molecule has 0 N–H and O–H groups in total. The molecule has 0 aliphatic carbocycles. The molecular weight excluding hydrogens is 270 g/mol. The molecule has 0 fully saturated rings. The third-order valence-electron chi connectivity index (χ3n) is 2.87. The Bertz CT molecular complexity index is 520. The van der Waals surface area contributed by atoms with Crippen molar-refractivity contribution in [3.05, 3.63) is 35.9 Å². The highest BCUT2D eigenvalue weighted by Gasteiger charge is 2.08. The van der Waals surface area contributed by atoms with Crippen molar-refractivity contribution in [3.8, 4) is 0 Å². The number of anilines is 1. The van der Waals surface area contributed by atoms with Crippen molar-refractivity contribution in [2.75, 3.05) is 18.6 Å². The molecule has 1 amide bonds. The summed E-state index contributed by atoms with van der Waals surface area (Å²) in [6, 6.07) is 6.90. The average molecular weight is 289 g/mol. The molecule has 21 heavy (non-hydrogen) atoms. The Morgan fingerprint density at radius 2 is 1.90 bits per heavy atom. The van der Waals surface area contributed by atoms with Gasteiger partial charge in [0.25, 0.3) is 5.91 Å². The van der Waals surface area contributed by atoms with Crippen LogP contribution in [0.4, 0.5) is 5.69 Å². The number of hydrogen-bond acceptors (Lipinski definition) is 4. The van der Waals surface area contributed by atoms with Gasteiger partial charge in [0.15, 0.2) is 0 Å². The normalized spacial score (nSPS) is 10.4. The van der Waals surface area contributed by atoms with Gasteiger partial charge in [0.05, 0.1) is 6.61 Å². The lowest BCUT2D eigenvalue weighted by Crippen LogP contribution is -2.26. The van der Waals surface area contributed by atoms with Gasteiger partial charge >= 0.3 is 5.97 Å². The number of carbonyl (C=O) groups excluding carboxylic acids is 3. The molecule has 1 aromatic carbocycles. The second-order valence-electron chi connectivity index (χ2n) is 4.46. The van der Waals surface area contributed by atoms with Crippen LogP contribution in [0.15, 0.2) is 30.3 Å². The fourth-order valence-corrected chi connectivity index (χ4v) is 1.54. The third-order valence-corrected chi connectivity index (χ3v) is 2.87. The van der Waals surface area contributed by atoms with Crippen LogP contribution in [-0.4, -0.2) is 31.8 Å². The molecule has 5 heteroatoms. The van der Waals surface area contributed by atoms with Crippen LogP contribution in [0.5, 0.6) is 0 Å². The average Bonchev–Trinajstić information content (AvgIpc) is 2.52. The zero-order valence-corrected chi connectivity index (χ0v) is 12.2. The fourth-order valence-electron chi connectivity index (χ4n) is 1.54. The molecule has 0 aromatic heterocycles. The van der Waals surface area contributed by atoms with E-state index in [2.05, 4.69) is 0 Å². The summed E-state index contributed by atoms with van der Waals surface area (Å²) < 4.78 is 4.99. The first-order valence-corrected chi connectivity index (χ1v) is 6.76. The van der Waals surface area contributed by atoms with Gasteiger partial charge in [-0.3, -0.25) is 9.59 Å². The van der Waals surface area contributed by atoms with Gasteiger partial charge in [0.1, 0.15) is 0 Å². The largest absolute Gasteiger partial charge is 0.463 e. The number of benzene rings is 1. The smallest absolute Gasteiger partial charge is 0.330 e. The zero-order chi connectivity index (χ0) is 15.7. The molecule has 0 radical (unpaired) electrons. The van der Waals surface area contributed by atoms with E-state index < -0.39 is 5.91 Å². The topological polar surface area (TPSA) is 63.7 Å². The Morgan fingerprint density at radius 1 is 1.24 bits per heavy atom. The minimum atomic E-state index is -0.613. The van der Waals surface area contributed by atoms with Crippen LogP contribution in [-0.2, 0) is 19.1 Å². The maximum atomic E-state index is 11.4. The Kier molecular flexibility index (Phi) is 6.87. The van der Waals surface area contributed by atoms with Crippen LogP contribution in [0.3, 0.4) is 0 Å². The fraction of sp³-hybridized carbons (Fsp3) is 0.312. The second-order valence-corrected chi connectivity index (χ2v) is 4.46. The molecule has 0 saturated carbocycles. The number of aldehydes is 1. The lowest BCUT2D eigenvalue weighted by atomic mass is 10.2. The molecule has 0 heterocycles. The van der Waals surface area contributed by atoms with Crippen molar-refractivity contribution in [3.63, 3.8) is 0 Å². The number of esters is 1. The van der Waals surface area contributed by atoms with Gasteiger partial charge in [0.2, 0.25) is 6.29 Å². The predicted molar refractivity (Wildman–Crippen MR) is 80.8 cm³/mol. The molecule has 0 saturated heterocycles. The SMILES string of the molecule is CCCCOC(=O)/C=C/c1ccc(N(C)C(=O)C=O)cc1. The summed E-state index contributed by atoms with van der Waals surface area (Å²) in [6.45, 7) is 2.45. The molecule has 1 rings (SSSR count). The predicted octanol–water partition coefficient (Wildman–Crippen LogP) is 2.20. The summed E-state index contributed by atoms with van der Waals surface area (Å²) in [4.78, 5) is 34.3. The number of unbranched alkanes of at least 4 members (excludes halogenated alkanes) is 1. The van der Waals surface area contributed by atoms with Crippen LogP contribution in [0.2, 0.25) is 0 Å². The number of carbonyl (C=O) groups is 3. The number of nitrogens with zero attached hydrogens (tertiary/aromatic N) is 1. The quantitative estimate of drug-likeness (QED) is 0.254. The number of hydrogen-bond donors (Lipinski definition) is 0. The van der Waals surface area contributed by atoms with Gasteiger partial charge in [-0.2, -0.15) is 0 Å². The Morgan fingerprint density at radius 3 is 2.48 bits per heavy atom. The van der Waals surface area contributed by atoms with E-state index in [4.69, 9.17) is 4.74 Å². The first-order chi connectivity index (χ1) is 10.1. The summed E-state index contributed by atoms with van der Waals surface area (Å²) in [7, 11) is 1.52. The van der Waals surface area contributed by atoms with E-state index >= 15 is 0 Å². The molecule has 0 bridgehead atoms. The van der Waals surface area contributed by atoms with E-state index in [0.29, 0.717) is 12.3 Å². The van der Waals surface area contributed by atoms with E-state index in [9.17, 15) is 14.4 Å². The van der Waals surface area contributed by atoms with E-state index in [1.807, 2.05) is 6.92 Å². The number of ether oxygens (including phenoxy) is 1. The minimum absolute atomic E-state index is 0.264. The van der Waals surface area contributed by atoms with Crippen molar-refractivity contribution in [1.29, 1.82) is 0 Å². The maximum absolute atomic E-state index is 11.4. The molecule has 5 nitrogen and oxygen atoms in total. The Hall–Kier alpha value is -2.43. The molecule has 1 aromatic rings. The maximum Gasteiger partial charge on any atom is 0.330 e. The highest BCUT2D eigenvalue weighted by molar-refractivity contribution is 6.30. The Balaban J connectivity index is 2.60. The summed E-state index contributed by atoms with van der Waals surface area (Å²) >= 11 is 0. The van der Waals surface area contributed by atoms with E-state index in [1.54, 1.807) is 30.3 Å². The first kappa shape index (κ1) is 16.6. The van der Waals surface area contributed by atoms with Gasteiger partial charge in [-0.25, -0.2) is 4.79 Å². The van der Waals surface area contributed by atoms with Crippen molar-refractivity contribution in [1.82, 2.24) is 0 Å². The minimum Gasteiger partial charge on any atom is -0.463 e. The molecule has 0 aliphatic rings. The van der Waals surface area contributed by atoms with Crippen LogP contribution >= 0.6 is 0 Å². The molecular formula is C16H19NO4. The highest BCUT2D eigenvalue weighted by atomic mass is 16.5. The standard InChI is InChI=1S/C16H19NO4/c1-3-4-11-21-16(20)10-7-13-5-8-14(9-6-13)17(2)15(19)12-18/h5-10,12H,3-4,11H2,1-2H3/b10-7+. The molecule has 0 aliphatic heterocycles. The monoisotopic (exact) mass is 289 g/mol. The number of amides is 1. The van der Waals surface area contributed by atoms with Crippen LogP contribution in [0.1, 0.15) is 25.3 Å². The number of likely N-dealkylation sites (N-methyl/N-ethyl adjacent to an activating group) is 1. The van der Waals surface area contributed by atoms with Gasteiger partial charge in [0, 0.05) is 18.8 Å². The molecule has 112 valence electrons. The van der Waals surface area contributed by atoms with Crippen molar-refractivity contribution < 1.29 is 19.1 Å². The van der Waals surface area contributed by atoms with Crippen LogP contribution < -0.4 is 4.90 Å². The summed E-state index contributed by atoms with van der Waals surface area (Å²) in [5.41, 5.74) is 1.41. The third kappa shape index (κ3) is 5.60. The van der Waals surface area contributed by atoms with E-state index in [1.165, 1.54) is 18.0 Å². The molecule has 0 spiro atoms. The highest BCUT2D eigenvalue weighted by Crippen LogP contribution is 2.14. The Labute approximate surface area is 124 Å². The van der Waals surface area contributed by atoms with Crippen molar-refractivity contribution >= 4 is 29.9 Å². The van der Waals surface area contributed by atoms with Crippen molar-refractivity contribution in [2.45, 2.75) is 19.8 Å². The zero-order valence-electron chi connectivity index (χ0n) is 12.2. The summed E-state index contributed by atoms with van der Waals surface area (Å²) in [5, 5.41) is 0. The molecule has 0 unspecified atom stereocenters. The van der Waals surface area contributed by atoms with E-state index in [-0.39, 0.29) is 12.3 Å². The lowest BCUT2D eigenvalue weighted by Gasteiger charge is -2.13. The van der Waals surface area contributed by atoms with Gasteiger partial charge in [-0.15, -0.1) is 0 Å². The molecule has 0 atom stereocenters. The summed E-state index contributed by atoms with van der Waals surface area (Å²) in [5.74, 6) is -0.987. The van der Waals surface area contributed by atoms with Gasteiger partial charge in [-0.1, -0.05) is 25.5 Å². The summed E-state index contributed by atoms with van der Waals surface area (Å²) in [6.07, 6.45) is 5.10. The van der Waals surface area contributed by atoms with Gasteiger partial charge in [-0.05, 0) is 30.2 Å². The van der Waals surface area contributed by atoms with E-state index in [0.717, 1.165) is 18.4 Å². The second kappa shape index (κ2) is 8.68. The number of rotatable bonds is 7. The van der Waals surface area contributed by atoms with Crippen LogP contribution in [0, 0.1) is 0 Å². The first-order valence-electron chi connectivity index (χ1n) is 6.76. The van der Waals surface area contributed by atoms with Crippen molar-refractivity contribution in [2.24, 2.45) is 0 Å².